The summed E-state index contributed by atoms with van der Waals surface area (Å²) in [5.41, 5.74) is 6.14. The second kappa shape index (κ2) is 8.28. The van der Waals surface area contributed by atoms with E-state index < -0.39 is 6.10 Å². The van der Waals surface area contributed by atoms with Gasteiger partial charge < -0.3 is 10.4 Å². The molecule has 1 fully saturated rings. The molecule has 142 valence electrons. The number of thiazole rings is 1. The van der Waals surface area contributed by atoms with Gasteiger partial charge in [-0.3, -0.25) is 14.4 Å². The average molecular weight is 378 g/mol. The standard InChI is InChI=1S/C18H27N5O2S/c1-12-13(2)21-23(14(12)3)7-5-18(25)20-16-4-6-22(9-17(16)24)8-15-10-26-11-19-15/h10-11,16-17,24H,4-9H2,1-3H3,(H,20,25). The summed E-state index contributed by atoms with van der Waals surface area (Å²) in [4.78, 5) is 18.8. The van der Waals surface area contributed by atoms with Gasteiger partial charge in [-0.2, -0.15) is 5.10 Å². The number of aromatic nitrogens is 3. The van der Waals surface area contributed by atoms with Crippen LogP contribution in [0.1, 0.15) is 35.5 Å². The average Bonchev–Trinajstić information content (AvgIpc) is 3.20. The van der Waals surface area contributed by atoms with E-state index in [-0.39, 0.29) is 11.9 Å². The number of nitrogens with zero attached hydrogens (tertiary/aromatic N) is 4. The lowest BCUT2D eigenvalue weighted by Crippen LogP contribution is -2.53. The minimum atomic E-state index is -0.553. The highest BCUT2D eigenvalue weighted by molar-refractivity contribution is 7.07. The first-order valence-electron chi connectivity index (χ1n) is 9.01. The summed E-state index contributed by atoms with van der Waals surface area (Å²) in [5, 5.41) is 19.9. The summed E-state index contributed by atoms with van der Waals surface area (Å²) in [6.07, 6.45) is 0.561. The van der Waals surface area contributed by atoms with Gasteiger partial charge in [0.15, 0.2) is 0 Å². The van der Waals surface area contributed by atoms with Crippen LogP contribution in [0.4, 0.5) is 0 Å². The predicted molar refractivity (Wildman–Crippen MR) is 101 cm³/mol. The highest BCUT2D eigenvalue weighted by atomic mass is 32.1. The third-order valence-corrected chi connectivity index (χ3v) is 5.81. The van der Waals surface area contributed by atoms with Gasteiger partial charge in [0.1, 0.15) is 0 Å². The molecule has 7 nitrogen and oxygen atoms in total. The first-order chi connectivity index (χ1) is 12.4. The van der Waals surface area contributed by atoms with Crippen LogP contribution in [0, 0.1) is 20.8 Å². The van der Waals surface area contributed by atoms with E-state index in [4.69, 9.17) is 0 Å². The van der Waals surface area contributed by atoms with Crippen molar-refractivity contribution in [2.45, 2.75) is 58.8 Å². The minimum Gasteiger partial charge on any atom is -0.390 e. The Morgan fingerprint density at radius 1 is 1.42 bits per heavy atom. The minimum absolute atomic E-state index is 0.0350. The predicted octanol–water partition coefficient (Wildman–Crippen LogP) is 1.41. The number of amides is 1. The van der Waals surface area contributed by atoms with Crippen LogP contribution in [0.3, 0.4) is 0 Å². The lowest BCUT2D eigenvalue weighted by molar-refractivity contribution is -0.123. The molecule has 0 saturated carbocycles. The zero-order valence-electron chi connectivity index (χ0n) is 15.6. The zero-order chi connectivity index (χ0) is 18.7. The number of likely N-dealkylation sites (tertiary alicyclic amines) is 1. The molecule has 2 atom stereocenters. The van der Waals surface area contributed by atoms with Crippen molar-refractivity contribution in [2.75, 3.05) is 13.1 Å². The van der Waals surface area contributed by atoms with Crippen molar-refractivity contribution in [3.05, 3.63) is 33.5 Å². The van der Waals surface area contributed by atoms with Crippen LogP contribution in [0.15, 0.2) is 10.9 Å². The van der Waals surface area contributed by atoms with Crippen molar-refractivity contribution in [3.63, 3.8) is 0 Å². The van der Waals surface area contributed by atoms with Crippen molar-refractivity contribution in [2.24, 2.45) is 0 Å². The van der Waals surface area contributed by atoms with Gasteiger partial charge in [0.05, 0.1) is 29.0 Å². The quantitative estimate of drug-likeness (QED) is 0.795. The van der Waals surface area contributed by atoms with Crippen LogP contribution in [0.25, 0.3) is 0 Å². The molecule has 3 rings (SSSR count). The summed E-state index contributed by atoms with van der Waals surface area (Å²) in [5.74, 6) is -0.0350. The van der Waals surface area contributed by atoms with Gasteiger partial charge in [0, 0.05) is 43.7 Å². The van der Waals surface area contributed by atoms with Crippen molar-refractivity contribution in [1.82, 2.24) is 25.0 Å². The molecule has 0 aliphatic carbocycles. The number of carbonyl (C=O) groups is 1. The highest BCUT2D eigenvalue weighted by Crippen LogP contribution is 2.15. The highest BCUT2D eigenvalue weighted by Gasteiger charge is 2.29. The Kier molecular flexibility index (Phi) is 6.05. The molecule has 8 heteroatoms. The fourth-order valence-corrected chi connectivity index (χ4v) is 3.89. The Balaban J connectivity index is 1.45. The number of aliphatic hydroxyl groups is 1. The fraction of sp³-hybridized carbons (Fsp3) is 0.611. The van der Waals surface area contributed by atoms with E-state index in [1.54, 1.807) is 11.3 Å². The molecule has 3 heterocycles. The maximum Gasteiger partial charge on any atom is 0.222 e. The van der Waals surface area contributed by atoms with E-state index >= 15 is 0 Å². The maximum absolute atomic E-state index is 12.3. The molecule has 0 spiro atoms. The molecule has 0 aromatic carbocycles. The lowest BCUT2D eigenvalue weighted by Gasteiger charge is -2.35. The molecule has 1 aliphatic rings. The molecule has 1 saturated heterocycles. The third-order valence-electron chi connectivity index (χ3n) is 5.18. The van der Waals surface area contributed by atoms with Gasteiger partial charge in [-0.25, -0.2) is 4.98 Å². The summed E-state index contributed by atoms with van der Waals surface area (Å²) in [6.45, 7) is 8.76. The second-order valence-electron chi connectivity index (χ2n) is 7.01. The van der Waals surface area contributed by atoms with Gasteiger partial charge in [0.2, 0.25) is 5.91 Å². The van der Waals surface area contributed by atoms with E-state index in [1.807, 2.05) is 36.3 Å². The van der Waals surface area contributed by atoms with Crippen molar-refractivity contribution >= 4 is 17.2 Å². The molecular formula is C18H27N5O2S. The number of nitrogens with one attached hydrogen (secondary N) is 1. The van der Waals surface area contributed by atoms with Crippen LogP contribution in [0.5, 0.6) is 0 Å². The molecule has 1 aliphatic heterocycles. The number of hydrogen-bond donors (Lipinski definition) is 2. The first-order valence-corrected chi connectivity index (χ1v) is 9.95. The number of carbonyl (C=O) groups excluding carboxylic acids is 1. The largest absolute Gasteiger partial charge is 0.390 e. The van der Waals surface area contributed by atoms with Crippen LogP contribution in [0.2, 0.25) is 0 Å². The van der Waals surface area contributed by atoms with Gasteiger partial charge >= 0.3 is 0 Å². The second-order valence-corrected chi connectivity index (χ2v) is 7.73. The molecule has 2 unspecified atom stereocenters. The van der Waals surface area contributed by atoms with E-state index in [2.05, 4.69) is 20.3 Å². The number of hydrogen-bond acceptors (Lipinski definition) is 6. The summed E-state index contributed by atoms with van der Waals surface area (Å²) in [6, 6.07) is -0.184. The van der Waals surface area contributed by atoms with Crippen LogP contribution < -0.4 is 5.32 Å². The summed E-state index contributed by atoms with van der Waals surface area (Å²) >= 11 is 1.58. The monoisotopic (exact) mass is 377 g/mol. The van der Waals surface area contributed by atoms with E-state index in [9.17, 15) is 9.90 Å². The van der Waals surface area contributed by atoms with E-state index in [0.717, 1.165) is 36.6 Å². The van der Waals surface area contributed by atoms with Crippen LogP contribution in [-0.4, -0.2) is 55.9 Å². The van der Waals surface area contributed by atoms with Crippen LogP contribution in [-0.2, 0) is 17.9 Å². The fourth-order valence-electron chi connectivity index (χ4n) is 3.34. The molecule has 2 aromatic rings. The molecule has 0 radical (unpaired) electrons. The molecule has 2 N–H and O–H groups in total. The van der Waals surface area contributed by atoms with Gasteiger partial charge in [-0.1, -0.05) is 0 Å². The summed E-state index contributed by atoms with van der Waals surface area (Å²) < 4.78 is 1.89. The molecule has 2 aromatic heterocycles. The summed E-state index contributed by atoms with van der Waals surface area (Å²) in [7, 11) is 0. The molecular weight excluding hydrogens is 350 g/mol. The Morgan fingerprint density at radius 3 is 2.85 bits per heavy atom. The normalized spacial score (nSPS) is 21.1. The van der Waals surface area contributed by atoms with E-state index in [0.29, 0.717) is 19.5 Å². The van der Waals surface area contributed by atoms with Gasteiger partial charge in [0.25, 0.3) is 0 Å². The Labute approximate surface area is 158 Å². The Hall–Kier alpha value is -1.77. The molecule has 26 heavy (non-hydrogen) atoms. The van der Waals surface area contributed by atoms with E-state index in [1.165, 1.54) is 5.56 Å². The van der Waals surface area contributed by atoms with Crippen molar-refractivity contribution in [1.29, 1.82) is 0 Å². The van der Waals surface area contributed by atoms with Gasteiger partial charge in [-0.05, 0) is 32.8 Å². The molecule has 1 amide bonds. The zero-order valence-corrected chi connectivity index (χ0v) is 16.4. The van der Waals surface area contributed by atoms with Gasteiger partial charge in [-0.15, -0.1) is 11.3 Å². The maximum atomic E-state index is 12.3. The van der Waals surface area contributed by atoms with Crippen molar-refractivity contribution in [3.8, 4) is 0 Å². The van der Waals surface area contributed by atoms with Crippen molar-refractivity contribution < 1.29 is 9.90 Å². The number of rotatable bonds is 6. The number of β-amino-alcohol motifs (C(OH)–C–C–N with tert-alkyl or cyclic N) is 1. The lowest BCUT2D eigenvalue weighted by atomic mass is 10.0. The van der Waals surface area contributed by atoms with Crippen LogP contribution >= 0.6 is 11.3 Å². The number of aliphatic hydroxyl groups excluding tert-OH is 1. The Morgan fingerprint density at radius 2 is 2.23 bits per heavy atom. The smallest absolute Gasteiger partial charge is 0.222 e. The number of piperidine rings is 1. The SMILES string of the molecule is Cc1nn(CCC(=O)NC2CCN(Cc3cscn3)CC2O)c(C)c1C. The number of aryl methyl sites for hydroxylation is 2. The Bertz CT molecular complexity index is 743. The first kappa shape index (κ1) is 19.0. The third kappa shape index (κ3) is 4.49. The molecule has 0 bridgehead atoms. The topological polar surface area (TPSA) is 83.3 Å².